The van der Waals surface area contributed by atoms with Gasteiger partial charge in [0.15, 0.2) is 5.06 Å². The predicted molar refractivity (Wildman–Crippen MR) is 80.4 cm³/mol. The second kappa shape index (κ2) is 6.89. The largest absolute Gasteiger partial charge is 0.486 e. The second-order valence-electron chi connectivity index (χ2n) is 5.37. The monoisotopic (exact) mass is 335 g/mol. The van der Waals surface area contributed by atoms with Crippen molar-refractivity contribution in [1.82, 2.24) is 5.32 Å². The summed E-state index contributed by atoms with van der Waals surface area (Å²) in [6.45, 7) is 7.88. The number of ether oxygens (including phenoxy) is 1. The van der Waals surface area contributed by atoms with Gasteiger partial charge in [0, 0.05) is 18.0 Å². The maximum atomic E-state index is 9.43. The Morgan fingerprint density at radius 1 is 1.56 bits per heavy atom. The molecule has 2 N–H and O–H groups in total. The minimum absolute atomic E-state index is 0.104. The zero-order valence-electron chi connectivity index (χ0n) is 11.4. The molecule has 5 heteroatoms. The van der Waals surface area contributed by atoms with Crippen molar-refractivity contribution in [1.29, 1.82) is 0 Å². The fourth-order valence-corrected chi connectivity index (χ4v) is 3.68. The first kappa shape index (κ1) is 16.0. The molecule has 0 aliphatic carbocycles. The zero-order chi connectivity index (χ0) is 13.8. The van der Waals surface area contributed by atoms with E-state index in [1.54, 1.807) is 18.4 Å². The van der Waals surface area contributed by atoms with Crippen LogP contribution in [0.25, 0.3) is 0 Å². The van der Waals surface area contributed by atoms with Crippen molar-refractivity contribution in [3.63, 3.8) is 0 Å². The van der Waals surface area contributed by atoms with Crippen LogP contribution in [0.3, 0.4) is 0 Å². The van der Waals surface area contributed by atoms with E-state index in [1.807, 2.05) is 6.92 Å². The van der Waals surface area contributed by atoms with Gasteiger partial charge in [0.1, 0.15) is 0 Å². The summed E-state index contributed by atoms with van der Waals surface area (Å²) >= 11 is 5.11. The van der Waals surface area contributed by atoms with Crippen LogP contribution in [0.2, 0.25) is 0 Å². The van der Waals surface area contributed by atoms with Crippen LogP contribution in [0.5, 0.6) is 5.06 Å². The summed E-state index contributed by atoms with van der Waals surface area (Å²) < 4.78 is 6.25. The molecule has 1 rings (SSSR count). The second-order valence-corrected chi connectivity index (χ2v) is 7.33. The van der Waals surface area contributed by atoms with Gasteiger partial charge in [0.2, 0.25) is 0 Å². The summed E-state index contributed by atoms with van der Waals surface area (Å²) in [5.41, 5.74) is 0.104. The van der Waals surface area contributed by atoms with Crippen LogP contribution in [0.4, 0.5) is 0 Å². The first-order valence-electron chi connectivity index (χ1n) is 6.05. The Balaban J connectivity index is 2.41. The van der Waals surface area contributed by atoms with Crippen molar-refractivity contribution in [2.45, 2.75) is 39.8 Å². The Labute approximate surface area is 122 Å². The first-order chi connectivity index (χ1) is 8.34. The molecule has 0 aliphatic heterocycles. The summed E-state index contributed by atoms with van der Waals surface area (Å²) in [6, 6.07) is 2.08. The number of aliphatic hydroxyl groups is 1. The molecule has 0 saturated carbocycles. The van der Waals surface area contributed by atoms with E-state index >= 15 is 0 Å². The third kappa shape index (κ3) is 5.26. The Morgan fingerprint density at radius 3 is 2.72 bits per heavy atom. The van der Waals surface area contributed by atoms with E-state index in [2.05, 4.69) is 41.2 Å². The zero-order valence-corrected chi connectivity index (χ0v) is 13.8. The van der Waals surface area contributed by atoms with E-state index in [1.165, 1.54) is 4.88 Å². The van der Waals surface area contributed by atoms with Crippen LogP contribution < -0.4 is 10.1 Å². The average Bonchev–Trinajstić information content (AvgIpc) is 2.56. The number of hydrogen-bond acceptors (Lipinski definition) is 4. The predicted octanol–water partition coefficient (Wildman–Crippen LogP) is 3.41. The van der Waals surface area contributed by atoms with E-state index < -0.39 is 0 Å². The van der Waals surface area contributed by atoms with Gasteiger partial charge in [0.05, 0.1) is 17.7 Å². The van der Waals surface area contributed by atoms with Gasteiger partial charge in [-0.1, -0.05) is 13.8 Å². The van der Waals surface area contributed by atoms with E-state index in [9.17, 15) is 5.11 Å². The van der Waals surface area contributed by atoms with Crippen molar-refractivity contribution in [3.8, 4) is 5.06 Å². The molecule has 1 aromatic rings. The molecule has 3 nitrogen and oxygen atoms in total. The lowest BCUT2D eigenvalue weighted by Crippen LogP contribution is -2.31. The van der Waals surface area contributed by atoms with Crippen LogP contribution in [0.1, 0.15) is 32.1 Å². The quantitative estimate of drug-likeness (QED) is 0.802. The Bertz CT molecular complexity index is 377. The molecule has 0 bridgehead atoms. The SMILES string of the molecule is COc1sc(CNCC(C)(C)CC(C)O)cc1Br. The highest BCUT2D eigenvalue weighted by Gasteiger charge is 2.19. The number of halogens is 1. The van der Waals surface area contributed by atoms with Gasteiger partial charge in [-0.25, -0.2) is 0 Å². The molecule has 0 aromatic carbocycles. The minimum atomic E-state index is -0.252. The summed E-state index contributed by atoms with van der Waals surface area (Å²) in [6.07, 6.45) is 0.551. The van der Waals surface area contributed by atoms with Crippen molar-refractivity contribution < 1.29 is 9.84 Å². The Morgan fingerprint density at radius 2 is 2.22 bits per heavy atom. The maximum absolute atomic E-state index is 9.43. The Hall–Kier alpha value is -0.100. The first-order valence-corrected chi connectivity index (χ1v) is 7.66. The standard InChI is InChI=1S/C13H22BrNO2S/c1-9(16)6-13(2,3)8-15-7-10-5-11(14)12(17-4)18-10/h5,9,15-16H,6-8H2,1-4H3. The number of thiophene rings is 1. The molecule has 1 unspecified atom stereocenters. The van der Waals surface area contributed by atoms with Crippen LogP contribution in [0, 0.1) is 5.41 Å². The Kier molecular flexibility index (Phi) is 6.11. The molecular weight excluding hydrogens is 314 g/mol. The average molecular weight is 336 g/mol. The van der Waals surface area contributed by atoms with Gasteiger partial charge >= 0.3 is 0 Å². The fourth-order valence-electron chi connectivity index (χ4n) is 2.02. The highest BCUT2D eigenvalue weighted by Crippen LogP contribution is 2.34. The van der Waals surface area contributed by atoms with E-state index in [0.29, 0.717) is 0 Å². The molecule has 1 atom stereocenters. The number of methoxy groups -OCH3 is 1. The third-order valence-corrected chi connectivity index (χ3v) is 4.59. The topological polar surface area (TPSA) is 41.5 Å². The van der Waals surface area contributed by atoms with E-state index in [0.717, 1.165) is 29.0 Å². The van der Waals surface area contributed by atoms with Crippen molar-refractivity contribution in [2.75, 3.05) is 13.7 Å². The highest BCUT2D eigenvalue weighted by atomic mass is 79.9. The molecular formula is C13H22BrNO2S. The van der Waals surface area contributed by atoms with Gasteiger partial charge in [-0.3, -0.25) is 0 Å². The molecule has 18 heavy (non-hydrogen) atoms. The lowest BCUT2D eigenvalue weighted by Gasteiger charge is -2.26. The summed E-state index contributed by atoms with van der Waals surface area (Å²) in [5, 5.41) is 13.8. The lowest BCUT2D eigenvalue weighted by atomic mass is 9.87. The number of nitrogens with one attached hydrogen (secondary N) is 1. The van der Waals surface area contributed by atoms with Gasteiger partial charge < -0.3 is 15.2 Å². The van der Waals surface area contributed by atoms with Gasteiger partial charge in [-0.05, 0) is 40.8 Å². The smallest absolute Gasteiger partial charge is 0.188 e. The van der Waals surface area contributed by atoms with Gasteiger partial charge in [-0.15, -0.1) is 11.3 Å². The molecule has 104 valence electrons. The fraction of sp³-hybridized carbons (Fsp3) is 0.692. The summed E-state index contributed by atoms with van der Waals surface area (Å²) in [4.78, 5) is 1.24. The van der Waals surface area contributed by atoms with E-state index in [-0.39, 0.29) is 11.5 Å². The number of rotatable bonds is 7. The molecule has 0 aliphatic rings. The lowest BCUT2D eigenvalue weighted by molar-refractivity contribution is 0.128. The summed E-state index contributed by atoms with van der Waals surface area (Å²) in [5.74, 6) is 0. The van der Waals surface area contributed by atoms with E-state index in [4.69, 9.17) is 4.74 Å². The van der Waals surface area contributed by atoms with Crippen molar-refractivity contribution >= 4 is 27.3 Å². The van der Waals surface area contributed by atoms with Crippen molar-refractivity contribution in [3.05, 3.63) is 15.4 Å². The highest BCUT2D eigenvalue weighted by molar-refractivity contribution is 9.10. The molecule has 0 saturated heterocycles. The van der Waals surface area contributed by atoms with Crippen LogP contribution in [-0.4, -0.2) is 24.9 Å². The third-order valence-electron chi connectivity index (χ3n) is 2.64. The molecule has 1 heterocycles. The minimum Gasteiger partial charge on any atom is -0.486 e. The maximum Gasteiger partial charge on any atom is 0.188 e. The summed E-state index contributed by atoms with van der Waals surface area (Å²) in [7, 11) is 1.68. The molecule has 0 spiro atoms. The number of hydrogen-bond donors (Lipinski definition) is 2. The molecule has 0 fully saturated rings. The van der Waals surface area contributed by atoms with Gasteiger partial charge in [-0.2, -0.15) is 0 Å². The van der Waals surface area contributed by atoms with Crippen LogP contribution in [-0.2, 0) is 6.54 Å². The van der Waals surface area contributed by atoms with Gasteiger partial charge in [0.25, 0.3) is 0 Å². The van der Waals surface area contributed by atoms with Crippen LogP contribution in [0.15, 0.2) is 10.5 Å². The molecule has 1 aromatic heterocycles. The number of aliphatic hydroxyl groups excluding tert-OH is 1. The molecule has 0 radical (unpaired) electrons. The normalized spacial score (nSPS) is 13.7. The van der Waals surface area contributed by atoms with Crippen molar-refractivity contribution in [2.24, 2.45) is 5.41 Å². The molecule has 0 amide bonds. The van der Waals surface area contributed by atoms with Crippen LogP contribution >= 0.6 is 27.3 Å².